The Kier molecular flexibility index (Phi) is 7.02. The molecule has 2 rings (SSSR count). The van der Waals surface area contributed by atoms with E-state index in [1.165, 1.54) is 34.4 Å². The standard InChI is InChI=1S/C14H26N4O3S2/c15-10(8-22-23-9-11(16)13(20)21)12(19)18-6-3-14(4-7-18)2-1-5-17-14/h10-11,17H,1-9,15-16H2,(H,20,21)/t10-,11-/m0/s1. The Morgan fingerprint density at radius 3 is 2.26 bits per heavy atom. The Balaban J connectivity index is 1.66. The average molecular weight is 363 g/mol. The molecule has 1 spiro atoms. The molecule has 0 bridgehead atoms. The first kappa shape index (κ1) is 18.9. The number of amides is 1. The lowest BCUT2D eigenvalue weighted by atomic mass is 9.86. The van der Waals surface area contributed by atoms with Crippen LogP contribution in [0.25, 0.3) is 0 Å². The molecule has 0 aromatic heterocycles. The monoisotopic (exact) mass is 362 g/mol. The van der Waals surface area contributed by atoms with E-state index in [2.05, 4.69) is 5.32 Å². The Bertz CT molecular complexity index is 422. The highest BCUT2D eigenvalue weighted by Crippen LogP contribution is 2.31. The van der Waals surface area contributed by atoms with Crippen molar-refractivity contribution in [2.75, 3.05) is 31.1 Å². The molecular formula is C14H26N4O3S2. The normalized spacial score (nSPS) is 23.0. The lowest BCUT2D eigenvalue weighted by molar-refractivity contribution is -0.138. The molecule has 6 N–H and O–H groups in total. The molecule has 132 valence electrons. The van der Waals surface area contributed by atoms with E-state index < -0.39 is 18.1 Å². The SMILES string of the molecule is N[C@@H](CSSC[C@H](N)C(=O)N1CCC2(CCCN2)CC1)C(=O)O. The third-order valence-corrected chi connectivity index (χ3v) is 7.05. The van der Waals surface area contributed by atoms with E-state index in [1.54, 1.807) is 0 Å². The number of aliphatic carboxylic acids is 1. The van der Waals surface area contributed by atoms with Gasteiger partial charge in [0.05, 0.1) is 6.04 Å². The molecule has 0 aliphatic carbocycles. The third kappa shape index (κ3) is 5.25. The van der Waals surface area contributed by atoms with E-state index in [1.807, 2.05) is 4.90 Å². The fourth-order valence-corrected chi connectivity index (χ4v) is 5.30. The maximum Gasteiger partial charge on any atom is 0.321 e. The largest absolute Gasteiger partial charge is 0.480 e. The van der Waals surface area contributed by atoms with Crippen LogP contribution in [0.4, 0.5) is 0 Å². The molecule has 0 saturated carbocycles. The Morgan fingerprint density at radius 2 is 1.74 bits per heavy atom. The van der Waals surface area contributed by atoms with E-state index in [-0.39, 0.29) is 11.4 Å². The van der Waals surface area contributed by atoms with Crippen molar-refractivity contribution in [2.45, 2.75) is 43.3 Å². The van der Waals surface area contributed by atoms with Gasteiger partial charge < -0.3 is 26.8 Å². The van der Waals surface area contributed by atoms with Crippen molar-refractivity contribution in [3.63, 3.8) is 0 Å². The molecule has 23 heavy (non-hydrogen) atoms. The molecule has 2 saturated heterocycles. The summed E-state index contributed by atoms with van der Waals surface area (Å²) in [4.78, 5) is 24.9. The van der Waals surface area contributed by atoms with E-state index >= 15 is 0 Å². The van der Waals surface area contributed by atoms with Crippen molar-refractivity contribution in [1.29, 1.82) is 0 Å². The van der Waals surface area contributed by atoms with Gasteiger partial charge in [-0.15, -0.1) is 0 Å². The van der Waals surface area contributed by atoms with Crippen molar-refractivity contribution < 1.29 is 14.7 Å². The fourth-order valence-electron chi connectivity index (χ4n) is 3.07. The van der Waals surface area contributed by atoms with Gasteiger partial charge in [-0.3, -0.25) is 9.59 Å². The predicted molar refractivity (Wildman–Crippen MR) is 94.3 cm³/mol. The van der Waals surface area contributed by atoms with Gasteiger partial charge in [0.15, 0.2) is 0 Å². The third-order valence-electron chi connectivity index (χ3n) is 4.58. The van der Waals surface area contributed by atoms with E-state index in [0.717, 1.165) is 32.5 Å². The quantitative estimate of drug-likeness (QED) is 0.364. The number of nitrogens with zero attached hydrogens (tertiary/aromatic N) is 1. The first-order valence-electron chi connectivity index (χ1n) is 7.96. The topological polar surface area (TPSA) is 122 Å². The van der Waals surface area contributed by atoms with Crippen LogP contribution < -0.4 is 16.8 Å². The second-order valence-electron chi connectivity index (χ2n) is 6.26. The van der Waals surface area contributed by atoms with Crippen molar-refractivity contribution >= 4 is 33.5 Å². The summed E-state index contributed by atoms with van der Waals surface area (Å²) in [7, 11) is 2.75. The van der Waals surface area contributed by atoms with Gasteiger partial charge >= 0.3 is 5.97 Å². The number of carbonyl (C=O) groups is 2. The minimum Gasteiger partial charge on any atom is -0.480 e. The summed E-state index contributed by atoms with van der Waals surface area (Å²) in [6.07, 6.45) is 4.43. The number of carboxylic acids is 1. The van der Waals surface area contributed by atoms with Crippen LogP contribution in [-0.2, 0) is 9.59 Å². The highest BCUT2D eigenvalue weighted by molar-refractivity contribution is 8.76. The van der Waals surface area contributed by atoms with Crippen molar-refractivity contribution in [3.05, 3.63) is 0 Å². The summed E-state index contributed by atoms with van der Waals surface area (Å²) < 4.78 is 0. The lowest BCUT2D eigenvalue weighted by Gasteiger charge is -2.40. The predicted octanol–water partition coefficient (Wildman–Crippen LogP) is -0.148. The Morgan fingerprint density at radius 1 is 1.13 bits per heavy atom. The minimum absolute atomic E-state index is 0.00604. The van der Waals surface area contributed by atoms with Crippen LogP contribution >= 0.6 is 21.6 Å². The van der Waals surface area contributed by atoms with Crippen molar-refractivity contribution in [3.8, 4) is 0 Å². The summed E-state index contributed by atoms with van der Waals surface area (Å²) in [5.41, 5.74) is 11.7. The molecule has 0 aromatic rings. The van der Waals surface area contributed by atoms with Crippen LogP contribution in [0, 0.1) is 0 Å². The molecule has 9 heteroatoms. The molecule has 2 atom stereocenters. The number of likely N-dealkylation sites (tertiary alicyclic amines) is 1. The van der Waals surface area contributed by atoms with Crippen LogP contribution in [0.1, 0.15) is 25.7 Å². The maximum atomic E-state index is 12.4. The first-order valence-corrected chi connectivity index (χ1v) is 10.4. The number of hydrogen-bond donors (Lipinski definition) is 4. The van der Waals surface area contributed by atoms with Crippen molar-refractivity contribution in [2.24, 2.45) is 11.5 Å². The zero-order valence-electron chi connectivity index (χ0n) is 13.2. The Hall–Kier alpha value is -0.480. The molecule has 7 nitrogen and oxygen atoms in total. The molecule has 1 amide bonds. The summed E-state index contributed by atoms with van der Waals surface area (Å²) >= 11 is 0. The average Bonchev–Trinajstić information content (AvgIpc) is 2.99. The van der Waals surface area contributed by atoms with Gasteiger partial charge in [-0.05, 0) is 32.2 Å². The highest BCUT2D eigenvalue weighted by atomic mass is 33.1. The molecule has 2 heterocycles. The van der Waals surface area contributed by atoms with Gasteiger partial charge in [0, 0.05) is 30.1 Å². The second-order valence-corrected chi connectivity index (χ2v) is 8.81. The molecule has 0 unspecified atom stereocenters. The number of hydrogen-bond acceptors (Lipinski definition) is 7. The smallest absolute Gasteiger partial charge is 0.321 e. The van der Waals surface area contributed by atoms with Crippen molar-refractivity contribution in [1.82, 2.24) is 10.2 Å². The Labute approximate surface area is 144 Å². The van der Waals surface area contributed by atoms with Crippen LogP contribution in [0.15, 0.2) is 0 Å². The van der Waals surface area contributed by atoms with Crippen LogP contribution in [0.5, 0.6) is 0 Å². The van der Waals surface area contributed by atoms with E-state index in [9.17, 15) is 9.59 Å². The number of nitrogens with one attached hydrogen (secondary N) is 1. The van der Waals surface area contributed by atoms with Crippen LogP contribution in [0.2, 0.25) is 0 Å². The zero-order chi connectivity index (χ0) is 16.9. The maximum absolute atomic E-state index is 12.4. The van der Waals surface area contributed by atoms with Crippen LogP contribution in [-0.4, -0.2) is 70.6 Å². The number of carbonyl (C=O) groups excluding carboxylic acids is 1. The summed E-state index contributed by atoms with van der Waals surface area (Å²) in [5, 5.41) is 12.3. The number of piperidine rings is 1. The molecular weight excluding hydrogens is 336 g/mol. The first-order chi connectivity index (χ1) is 10.9. The zero-order valence-corrected chi connectivity index (χ0v) is 14.8. The minimum atomic E-state index is -1.01. The number of nitrogens with two attached hydrogens (primary N) is 2. The number of carboxylic acid groups (broad SMARTS) is 1. The van der Waals surface area contributed by atoms with Gasteiger partial charge in [0.1, 0.15) is 6.04 Å². The number of rotatable bonds is 7. The summed E-state index contributed by atoms with van der Waals surface area (Å²) in [6, 6.07) is -1.42. The highest BCUT2D eigenvalue weighted by Gasteiger charge is 2.38. The van der Waals surface area contributed by atoms with Gasteiger partial charge in [-0.1, -0.05) is 21.6 Å². The molecule has 2 fully saturated rings. The fraction of sp³-hybridized carbons (Fsp3) is 0.857. The van der Waals surface area contributed by atoms with E-state index in [0.29, 0.717) is 11.5 Å². The van der Waals surface area contributed by atoms with Gasteiger partial charge in [-0.2, -0.15) is 0 Å². The summed E-state index contributed by atoms with van der Waals surface area (Å²) in [6.45, 7) is 2.61. The van der Waals surface area contributed by atoms with Gasteiger partial charge in [0.25, 0.3) is 0 Å². The summed E-state index contributed by atoms with van der Waals surface area (Å²) in [5.74, 6) is -0.246. The molecule has 0 radical (unpaired) electrons. The van der Waals surface area contributed by atoms with Gasteiger partial charge in [0.2, 0.25) is 5.91 Å². The molecule has 2 aliphatic heterocycles. The molecule has 2 aliphatic rings. The van der Waals surface area contributed by atoms with E-state index in [4.69, 9.17) is 16.6 Å². The molecule has 0 aromatic carbocycles. The second kappa shape index (κ2) is 8.57. The van der Waals surface area contributed by atoms with Crippen LogP contribution in [0.3, 0.4) is 0 Å². The lowest BCUT2D eigenvalue weighted by Crippen LogP contribution is -2.54. The van der Waals surface area contributed by atoms with Gasteiger partial charge in [-0.25, -0.2) is 0 Å².